The molecule has 0 fully saturated rings. The van der Waals surface area contributed by atoms with Crippen LogP contribution in [0.25, 0.3) is 0 Å². The van der Waals surface area contributed by atoms with Gasteiger partial charge in [-0.25, -0.2) is 5.43 Å². The molecule has 5 nitrogen and oxygen atoms in total. The number of hydrogen-bond acceptors (Lipinski definition) is 4. The van der Waals surface area contributed by atoms with Crippen LogP contribution < -0.4 is 11.3 Å². The first-order valence-corrected chi connectivity index (χ1v) is 4.76. The third kappa shape index (κ3) is 2.31. The van der Waals surface area contributed by atoms with Crippen LogP contribution in [0.2, 0.25) is 0 Å². The quantitative estimate of drug-likeness (QED) is 0.529. The Kier molecular flexibility index (Phi) is 4.06. The van der Waals surface area contributed by atoms with Crippen molar-refractivity contribution in [2.24, 2.45) is 12.9 Å². The van der Waals surface area contributed by atoms with Gasteiger partial charge >= 0.3 is 0 Å². The Bertz CT molecular complexity index is 274. The van der Waals surface area contributed by atoms with Gasteiger partial charge in [-0.2, -0.15) is 5.10 Å². The van der Waals surface area contributed by atoms with Crippen molar-refractivity contribution in [1.29, 1.82) is 0 Å². The maximum absolute atomic E-state index is 5.49. The van der Waals surface area contributed by atoms with E-state index >= 15 is 0 Å². The molecule has 1 aromatic rings. The van der Waals surface area contributed by atoms with Gasteiger partial charge in [0.15, 0.2) is 0 Å². The molecule has 14 heavy (non-hydrogen) atoms. The summed E-state index contributed by atoms with van der Waals surface area (Å²) in [6.07, 6.45) is 1.78. The first-order chi connectivity index (χ1) is 6.70. The van der Waals surface area contributed by atoms with E-state index in [2.05, 4.69) is 10.5 Å². The lowest BCUT2D eigenvalue weighted by atomic mass is 10.1. The lowest BCUT2D eigenvalue weighted by Gasteiger charge is -2.23. The van der Waals surface area contributed by atoms with Gasteiger partial charge in [0.25, 0.3) is 0 Å². The van der Waals surface area contributed by atoms with Crippen molar-refractivity contribution in [1.82, 2.24) is 15.2 Å². The summed E-state index contributed by atoms with van der Waals surface area (Å²) in [4.78, 5) is 0. The van der Waals surface area contributed by atoms with Crippen LogP contribution in [0.5, 0.6) is 0 Å². The fourth-order valence-corrected chi connectivity index (χ4v) is 1.51. The maximum atomic E-state index is 5.49. The number of ether oxygens (including phenoxy) is 1. The molecule has 0 radical (unpaired) electrons. The molecule has 0 aromatic carbocycles. The molecule has 1 rings (SSSR count). The topological polar surface area (TPSA) is 65.1 Å². The van der Waals surface area contributed by atoms with Crippen LogP contribution >= 0.6 is 0 Å². The first kappa shape index (κ1) is 11.2. The molecule has 5 heteroatoms. The van der Waals surface area contributed by atoms with E-state index in [1.54, 1.807) is 10.9 Å². The summed E-state index contributed by atoms with van der Waals surface area (Å²) in [7, 11) is 1.89. The lowest BCUT2D eigenvalue weighted by Crippen LogP contribution is -2.37. The highest BCUT2D eigenvalue weighted by atomic mass is 16.5. The van der Waals surface area contributed by atoms with Crippen molar-refractivity contribution in [3.8, 4) is 0 Å². The van der Waals surface area contributed by atoms with Gasteiger partial charge in [0, 0.05) is 19.9 Å². The molecule has 1 heterocycles. The second kappa shape index (κ2) is 5.09. The van der Waals surface area contributed by atoms with E-state index in [0.717, 1.165) is 5.69 Å². The number of aromatic nitrogens is 2. The third-order valence-corrected chi connectivity index (χ3v) is 2.26. The largest absolute Gasteiger partial charge is 0.377 e. The van der Waals surface area contributed by atoms with Crippen molar-refractivity contribution in [3.05, 3.63) is 18.0 Å². The van der Waals surface area contributed by atoms with E-state index in [0.29, 0.717) is 6.61 Å². The van der Waals surface area contributed by atoms with Gasteiger partial charge in [0.2, 0.25) is 0 Å². The molecule has 3 N–H and O–H groups in total. The standard InChI is InChI=1S/C9H18N4O/c1-4-14-7(2)9(12-10)8-5-6-11-13(8)3/h5-7,9,12H,4,10H2,1-3H3. The van der Waals surface area contributed by atoms with Gasteiger partial charge in [-0.3, -0.25) is 10.5 Å². The SMILES string of the molecule is CCOC(C)C(NN)c1ccnn1C. The Morgan fingerprint density at radius 2 is 2.43 bits per heavy atom. The Hall–Kier alpha value is -0.910. The van der Waals surface area contributed by atoms with Crippen molar-refractivity contribution < 1.29 is 4.74 Å². The molecule has 80 valence electrons. The molecule has 0 bridgehead atoms. The van der Waals surface area contributed by atoms with Gasteiger partial charge in [0.1, 0.15) is 0 Å². The highest BCUT2D eigenvalue weighted by molar-refractivity contribution is 5.07. The zero-order valence-corrected chi connectivity index (χ0v) is 8.90. The predicted molar refractivity (Wildman–Crippen MR) is 54.4 cm³/mol. The summed E-state index contributed by atoms with van der Waals surface area (Å²) in [5, 5.41) is 4.09. The Morgan fingerprint density at radius 1 is 1.71 bits per heavy atom. The predicted octanol–water partition coefficient (Wildman–Crippen LogP) is 0.349. The van der Waals surface area contributed by atoms with Crippen LogP contribution in [-0.4, -0.2) is 22.5 Å². The number of rotatable bonds is 5. The summed E-state index contributed by atoms with van der Waals surface area (Å²) in [6, 6.07) is 1.91. The molecular weight excluding hydrogens is 180 g/mol. The second-order valence-corrected chi connectivity index (χ2v) is 3.18. The van der Waals surface area contributed by atoms with Crippen molar-refractivity contribution in [2.75, 3.05) is 6.61 Å². The third-order valence-electron chi connectivity index (χ3n) is 2.26. The minimum absolute atomic E-state index is 0.0255. The number of nitrogens with one attached hydrogen (secondary N) is 1. The number of hydrazine groups is 1. The molecule has 0 aliphatic rings. The zero-order valence-electron chi connectivity index (χ0n) is 8.90. The molecule has 0 spiro atoms. The molecule has 0 aliphatic heterocycles. The highest BCUT2D eigenvalue weighted by Crippen LogP contribution is 2.16. The van der Waals surface area contributed by atoms with E-state index in [9.17, 15) is 0 Å². The van der Waals surface area contributed by atoms with Crippen LogP contribution in [0.3, 0.4) is 0 Å². The average molecular weight is 198 g/mol. The van der Waals surface area contributed by atoms with Crippen molar-refractivity contribution >= 4 is 0 Å². The Balaban J connectivity index is 2.76. The van der Waals surface area contributed by atoms with Crippen LogP contribution in [0.1, 0.15) is 25.6 Å². The highest BCUT2D eigenvalue weighted by Gasteiger charge is 2.20. The smallest absolute Gasteiger partial charge is 0.0887 e. The number of aryl methyl sites for hydroxylation is 1. The van der Waals surface area contributed by atoms with E-state index in [1.165, 1.54) is 0 Å². The summed E-state index contributed by atoms with van der Waals surface area (Å²) in [5.41, 5.74) is 3.77. The van der Waals surface area contributed by atoms with E-state index in [-0.39, 0.29) is 12.1 Å². The fraction of sp³-hybridized carbons (Fsp3) is 0.667. The number of nitrogens with two attached hydrogens (primary N) is 1. The van der Waals surface area contributed by atoms with Crippen LogP contribution in [0, 0.1) is 0 Å². The summed E-state index contributed by atoms with van der Waals surface area (Å²) in [6.45, 7) is 4.63. The summed E-state index contributed by atoms with van der Waals surface area (Å²) in [5.74, 6) is 5.49. The first-order valence-electron chi connectivity index (χ1n) is 4.76. The average Bonchev–Trinajstić information content (AvgIpc) is 2.54. The van der Waals surface area contributed by atoms with Gasteiger partial charge < -0.3 is 4.74 Å². The van der Waals surface area contributed by atoms with Gasteiger partial charge in [0.05, 0.1) is 17.8 Å². The molecule has 0 amide bonds. The summed E-state index contributed by atoms with van der Waals surface area (Å²) >= 11 is 0. The van der Waals surface area contributed by atoms with Gasteiger partial charge in [-0.05, 0) is 19.9 Å². The van der Waals surface area contributed by atoms with Gasteiger partial charge in [-0.15, -0.1) is 0 Å². The molecule has 2 unspecified atom stereocenters. The lowest BCUT2D eigenvalue weighted by molar-refractivity contribution is 0.0451. The van der Waals surface area contributed by atoms with Crippen LogP contribution in [0.15, 0.2) is 12.3 Å². The number of nitrogens with zero attached hydrogens (tertiary/aromatic N) is 2. The Labute approximate surface area is 84.2 Å². The molecule has 0 saturated carbocycles. The van der Waals surface area contributed by atoms with E-state index in [1.807, 2.05) is 27.0 Å². The second-order valence-electron chi connectivity index (χ2n) is 3.18. The number of hydrogen-bond donors (Lipinski definition) is 2. The minimum Gasteiger partial charge on any atom is -0.377 e. The molecular formula is C9H18N4O. The monoisotopic (exact) mass is 198 g/mol. The maximum Gasteiger partial charge on any atom is 0.0887 e. The van der Waals surface area contributed by atoms with E-state index in [4.69, 9.17) is 10.6 Å². The van der Waals surface area contributed by atoms with E-state index < -0.39 is 0 Å². The minimum atomic E-state index is -0.0255. The normalized spacial score (nSPS) is 15.4. The van der Waals surface area contributed by atoms with Crippen molar-refractivity contribution in [3.63, 3.8) is 0 Å². The molecule has 1 aromatic heterocycles. The van der Waals surface area contributed by atoms with Crippen molar-refractivity contribution in [2.45, 2.75) is 26.0 Å². The molecule has 2 atom stereocenters. The van der Waals surface area contributed by atoms with Crippen LogP contribution in [-0.2, 0) is 11.8 Å². The summed E-state index contributed by atoms with van der Waals surface area (Å²) < 4.78 is 7.28. The van der Waals surface area contributed by atoms with Gasteiger partial charge in [-0.1, -0.05) is 0 Å². The molecule has 0 aliphatic carbocycles. The zero-order chi connectivity index (χ0) is 10.6. The fourth-order valence-electron chi connectivity index (χ4n) is 1.51. The Morgan fingerprint density at radius 3 is 2.86 bits per heavy atom. The molecule has 0 saturated heterocycles. The van der Waals surface area contributed by atoms with Crippen LogP contribution in [0.4, 0.5) is 0 Å².